The van der Waals surface area contributed by atoms with Crippen LogP contribution >= 0.6 is 0 Å². The van der Waals surface area contributed by atoms with E-state index < -0.39 is 0 Å². The summed E-state index contributed by atoms with van der Waals surface area (Å²) >= 11 is 0. The number of aliphatic hydroxyl groups excluding tert-OH is 2. The van der Waals surface area contributed by atoms with Crippen LogP contribution < -0.4 is 0 Å². The summed E-state index contributed by atoms with van der Waals surface area (Å²) in [6.07, 6.45) is 19.4. The van der Waals surface area contributed by atoms with Gasteiger partial charge in [-0.3, -0.25) is 4.79 Å². The van der Waals surface area contributed by atoms with Gasteiger partial charge in [0.1, 0.15) is 0 Å². The smallest absolute Gasteiger partial charge is 0.222 e. The molecule has 0 bridgehead atoms. The minimum atomic E-state index is -0.380. The second-order valence-corrected chi connectivity index (χ2v) is 9.83. The van der Waals surface area contributed by atoms with Crippen LogP contribution in [-0.2, 0) is 4.79 Å². The zero-order valence-corrected chi connectivity index (χ0v) is 19.0. The van der Waals surface area contributed by atoms with Crippen molar-refractivity contribution >= 4 is 5.91 Å². The number of nitrogens with zero attached hydrogens (tertiary/aromatic N) is 1. The molecule has 0 aromatic heterocycles. The third kappa shape index (κ3) is 6.68. The Bertz CT molecular complexity index is 593. The Morgan fingerprint density at radius 1 is 1.20 bits per heavy atom. The number of hydrogen-bond acceptors (Lipinski definition) is 3. The van der Waals surface area contributed by atoms with Gasteiger partial charge in [0.05, 0.1) is 12.2 Å². The maximum atomic E-state index is 12.3. The van der Waals surface area contributed by atoms with Crippen molar-refractivity contribution < 1.29 is 15.0 Å². The highest BCUT2D eigenvalue weighted by Crippen LogP contribution is 2.48. The van der Waals surface area contributed by atoms with E-state index in [1.165, 1.54) is 37.7 Å². The molecular formula is C26H43NO3. The Labute approximate surface area is 183 Å². The van der Waals surface area contributed by atoms with Crippen LogP contribution in [0, 0.1) is 17.8 Å². The predicted molar refractivity (Wildman–Crippen MR) is 122 cm³/mol. The molecular weight excluding hydrogens is 374 g/mol. The van der Waals surface area contributed by atoms with Gasteiger partial charge >= 0.3 is 0 Å². The number of allylic oxidation sites excluding steroid dienone is 2. The lowest BCUT2D eigenvalue weighted by molar-refractivity contribution is -0.132. The molecule has 170 valence electrons. The minimum absolute atomic E-state index is 0.172. The maximum Gasteiger partial charge on any atom is 0.222 e. The summed E-state index contributed by atoms with van der Waals surface area (Å²) in [5, 5.41) is 20.7. The van der Waals surface area contributed by atoms with Crippen LogP contribution in [0.15, 0.2) is 23.8 Å². The van der Waals surface area contributed by atoms with Gasteiger partial charge in [-0.15, -0.1) is 0 Å². The van der Waals surface area contributed by atoms with E-state index >= 15 is 0 Å². The lowest BCUT2D eigenvalue weighted by atomic mass is 9.88. The SMILES string of the molecule is CCCCC[C@@H](O)/C=C/[C@@H]1[C@H]2CC(CCCCC(=O)N3CCCCC3)=C[C@H]2C[C@H]1O. The highest BCUT2D eigenvalue weighted by Gasteiger charge is 2.43. The average molecular weight is 418 g/mol. The molecule has 0 spiro atoms. The van der Waals surface area contributed by atoms with Crippen molar-refractivity contribution in [1.29, 1.82) is 0 Å². The Morgan fingerprint density at radius 3 is 2.77 bits per heavy atom. The second kappa shape index (κ2) is 12.0. The average Bonchev–Trinajstić information content (AvgIpc) is 3.26. The lowest BCUT2D eigenvalue weighted by Gasteiger charge is -2.26. The molecule has 1 amide bonds. The van der Waals surface area contributed by atoms with Crippen LogP contribution in [0.5, 0.6) is 0 Å². The van der Waals surface area contributed by atoms with Crippen LogP contribution in [0.2, 0.25) is 0 Å². The third-order valence-corrected chi connectivity index (χ3v) is 7.46. The second-order valence-electron chi connectivity index (χ2n) is 9.83. The number of unbranched alkanes of at least 4 members (excludes halogenated alkanes) is 3. The zero-order chi connectivity index (χ0) is 21.3. The van der Waals surface area contributed by atoms with E-state index in [9.17, 15) is 15.0 Å². The molecule has 30 heavy (non-hydrogen) atoms. The summed E-state index contributed by atoms with van der Waals surface area (Å²) in [5.74, 6) is 1.49. The topological polar surface area (TPSA) is 60.8 Å². The molecule has 1 saturated carbocycles. The molecule has 0 aromatic carbocycles. The fraction of sp³-hybridized carbons (Fsp3) is 0.808. The summed E-state index contributed by atoms with van der Waals surface area (Å²) in [5.41, 5.74) is 1.52. The normalized spacial score (nSPS) is 30.0. The van der Waals surface area contributed by atoms with Gasteiger partial charge in [-0.1, -0.05) is 50.0 Å². The van der Waals surface area contributed by atoms with E-state index in [-0.39, 0.29) is 18.1 Å². The first-order valence-corrected chi connectivity index (χ1v) is 12.6. The van der Waals surface area contributed by atoms with E-state index in [0.29, 0.717) is 24.2 Å². The van der Waals surface area contributed by atoms with E-state index in [1.807, 2.05) is 6.08 Å². The maximum absolute atomic E-state index is 12.3. The molecule has 3 rings (SSSR count). The van der Waals surface area contributed by atoms with Gasteiger partial charge in [-0.25, -0.2) is 0 Å². The number of amides is 1. The summed E-state index contributed by atoms with van der Waals surface area (Å²) < 4.78 is 0. The summed E-state index contributed by atoms with van der Waals surface area (Å²) in [6.45, 7) is 4.09. The van der Waals surface area contributed by atoms with Crippen LogP contribution in [0.25, 0.3) is 0 Å². The van der Waals surface area contributed by atoms with Gasteiger partial charge in [0.25, 0.3) is 0 Å². The Hall–Kier alpha value is -1.13. The van der Waals surface area contributed by atoms with Crippen molar-refractivity contribution in [2.75, 3.05) is 13.1 Å². The van der Waals surface area contributed by atoms with Crippen molar-refractivity contribution in [3.63, 3.8) is 0 Å². The number of fused-ring (bicyclic) bond motifs is 1. The van der Waals surface area contributed by atoms with Gasteiger partial charge in [0.2, 0.25) is 5.91 Å². The fourth-order valence-corrected chi connectivity index (χ4v) is 5.68. The summed E-state index contributed by atoms with van der Waals surface area (Å²) in [4.78, 5) is 14.4. The molecule has 2 aliphatic carbocycles. The number of rotatable bonds is 11. The number of hydrogen-bond donors (Lipinski definition) is 2. The summed E-state index contributed by atoms with van der Waals surface area (Å²) in [6, 6.07) is 0. The van der Waals surface area contributed by atoms with Crippen LogP contribution in [0.1, 0.15) is 90.4 Å². The molecule has 2 N–H and O–H groups in total. The van der Waals surface area contributed by atoms with Gasteiger partial charge in [0.15, 0.2) is 0 Å². The van der Waals surface area contributed by atoms with Gasteiger partial charge < -0.3 is 15.1 Å². The van der Waals surface area contributed by atoms with E-state index in [0.717, 1.165) is 58.0 Å². The zero-order valence-electron chi connectivity index (χ0n) is 19.0. The molecule has 0 aromatic rings. The van der Waals surface area contributed by atoms with Crippen molar-refractivity contribution in [2.24, 2.45) is 17.8 Å². The number of aliphatic hydroxyl groups is 2. The van der Waals surface area contributed by atoms with Crippen molar-refractivity contribution in [3.05, 3.63) is 23.8 Å². The van der Waals surface area contributed by atoms with E-state index in [2.05, 4.69) is 24.0 Å². The Balaban J connectivity index is 1.37. The number of piperidine rings is 1. The number of carbonyl (C=O) groups excluding carboxylic acids is 1. The van der Waals surface area contributed by atoms with E-state index in [4.69, 9.17) is 0 Å². The van der Waals surface area contributed by atoms with Crippen LogP contribution in [0.4, 0.5) is 0 Å². The van der Waals surface area contributed by atoms with Crippen LogP contribution in [0.3, 0.4) is 0 Å². The third-order valence-electron chi connectivity index (χ3n) is 7.46. The van der Waals surface area contributed by atoms with Gasteiger partial charge in [0, 0.05) is 25.4 Å². The minimum Gasteiger partial charge on any atom is -0.392 e. The van der Waals surface area contributed by atoms with Gasteiger partial charge in [-0.2, -0.15) is 0 Å². The first kappa shape index (κ1) is 23.5. The highest BCUT2D eigenvalue weighted by atomic mass is 16.3. The number of carbonyl (C=O) groups is 1. The van der Waals surface area contributed by atoms with E-state index in [1.54, 1.807) is 0 Å². The van der Waals surface area contributed by atoms with Crippen LogP contribution in [-0.4, -0.2) is 46.3 Å². The molecule has 0 unspecified atom stereocenters. The largest absolute Gasteiger partial charge is 0.392 e. The highest BCUT2D eigenvalue weighted by molar-refractivity contribution is 5.76. The molecule has 3 aliphatic rings. The van der Waals surface area contributed by atoms with Crippen molar-refractivity contribution in [2.45, 2.75) is 103 Å². The molecule has 1 aliphatic heterocycles. The van der Waals surface area contributed by atoms with Crippen molar-refractivity contribution in [3.8, 4) is 0 Å². The van der Waals surface area contributed by atoms with Crippen molar-refractivity contribution in [1.82, 2.24) is 4.90 Å². The molecule has 1 saturated heterocycles. The monoisotopic (exact) mass is 417 g/mol. The Morgan fingerprint density at radius 2 is 2.00 bits per heavy atom. The van der Waals surface area contributed by atoms with Gasteiger partial charge in [-0.05, 0) is 69.6 Å². The quantitative estimate of drug-likeness (QED) is 0.367. The molecule has 2 fully saturated rings. The summed E-state index contributed by atoms with van der Waals surface area (Å²) in [7, 11) is 0. The molecule has 1 heterocycles. The lowest BCUT2D eigenvalue weighted by Crippen LogP contribution is -2.35. The Kier molecular flexibility index (Phi) is 9.45. The molecule has 0 radical (unpaired) electrons. The first-order valence-electron chi connectivity index (χ1n) is 12.6. The predicted octanol–water partition coefficient (Wildman–Crippen LogP) is 5.00. The number of likely N-dealkylation sites (tertiary alicyclic amines) is 1. The standard InChI is InChI=1S/C26H43NO3/c1-2-3-5-11-22(28)13-14-23-24-18-20(17-21(24)19-25(23)29)10-6-7-12-26(30)27-15-8-4-9-16-27/h13-14,17,21-25,28-29H,2-12,15-16,18-19H2,1H3/b14-13+/t21-,22+,23+,24-,25+/m0/s1. The fourth-order valence-electron chi connectivity index (χ4n) is 5.68. The molecule has 5 atom stereocenters. The molecule has 4 nitrogen and oxygen atoms in total. The first-order chi connectivity index (χ1) is 14.6. The molecule has 4 heteroatoms.